The summed E-state index contributed by atoms with van der Waals surface area (Å²) in [5.74, 6) is 0.504. The van der Waals surface area contributed by atoms with Crippen LogP contribution in [0.15, 0.2) is 24.3 Å². The maximum atomic E-state index is 12.0. The minimum absolute atomic E-state index is 0.0157. The lowest BCUT2D eigenvalue weighted by atomic mass is 9.99. The van der Waals surface area contributed by atoms with E-state index >= 15 is 0 Å². The van der Waals surface area contributed by atoms with Crippen LogP contribution in [-0.2, 0) is 9.59 Å². The van der Waals surface area contributed by atoms with Gasteiger partial charge in [0.05, 0.1) is 13.1 Å². The zero-order valence-corrected chi connectivity index (χ0v) is 12.7. The van der Waals surface area contributed by atoms with Crippen molar-refractivity contribution in [2.24, 2.45) is 0 Å². The van der Waals surface area contributed by atoms with Crippen LogP contribution in [0, 0.1) is 0 Å². The molecule has 0 aliphatic carbocycles. The van der Waals surface area contributed by atoms with E-state index in [1.807, 2.05) is 12.1 Å². The van der Waals surface area contributed by atoms with Crippen LogP contribution in [0.4, 0.5) is 5.69 Å². The summed E-state index contributed by atoms with van der Waals surface area (Å²) in [4.78, 5) is 24.3. The first-order chi connectivity index (χ1) is 10.1. The summed E-state index contributed by atoms with van der Waals surface area (Å²) in [7, 11) is 0. The monoisotopic (exact) mass is 290 g/mol. The first-order valence-corrected chi connectivity index (χ1v) is 7.58. The maximum absolute atomic E-state index is 12.0. The molecule has 0 bridgehead atoms. The van der Waals surface area contributed by atoms with Gasteiger partial charge in [-0.15, -0.1) is 0 Å². The van der Waals surface area contributed by atoms with E-state index in [0.29, 0.717) is 25.6 Å². The Morgan fingerprint density at radius 1 is 1.38 bits per heavy atom. The van der Waals surface area contributed by atoms with Crippen molar-refractivity contribution in [3.63, 3.8) is 0 Å². The van der Waals surface area contributed by atoms with Gasteiger partial charge < -0.3 is 15.5 Å². The molecule has 2 atom stereocenters. The van der Waals surface area contributed by atoms with Crippen molar-refractivity contribution < 1.29 is 14.5 Å². The number of hydrogen-bond acceptors (Lipinski definition) is 2. The van der Waals surface area contributed by atoms with E-state index in [1.54, 1.807) is 0 Å². The summed E-state index contributed by atoms with van der Waals surface area (Å²) in [5.41, 5.74) is 2.10. The van der Waals surface area contributed by atoms with Crippen LogP contribution in [0.2, 0.25) is 0 Å². The molecule has 1 aromatic rings. The Labute approximate surface area is 125 Å². The maximum Gasteiger partial charge on any atom is 0.279 e. The molecule has 2 amide bonds. The number of hydrogen-bond donors (Lipinski definition) is 3. The molecule has 1 unspecified atom stereocenters. The van der Waals surface area contributed by atoms with Crippen LogP contribution >= 0.6 is 0 Å². The highest BCUT2D eigenvalue weighted by molar-refractivity contribution is 5.91. The summed E-state index contributed by atoms with van der Waals surface area (Å²) in [6.07, 6.45) is 1.10. The molecule has 114 valence electrons. The molecule has 1 aliphatic rings. The van der Waals surface area contributed by atoms with Gasteiger partial charge in [-0.3, -0.25) is 9.59 Å². The highest BCUT2D eigenvalue weighted by atomic mass is 16.2. The first-order valence-electron chi connectivity index (χ1n) is 7.58. The Bertz CT molecular complexity index is 499. The van der Waals surface area contributed by atoms with Gasteiger partial charge in [0.2, 0.25) is 0 Å². The molecule has 1 aliphatic heterocycles. The van der Waals surface area contributed by atoms with Crippen LogP contribution in [0.3, 0.4) is 0 Å². The smallest absolute Gasteiger partial charge is 0.279 e. The van der Waals surface area contributed by atoms with Gasteiger partial charge >= 0.3 is 0 Å². The summed E-state index contributed by atoms with van der Waals surface area (Å²) in [5, 5.41) is 5.66. The van der Waals surface area contributed by atoms with Crippen LogP contribution in [-0.4, -0.2) is 38.0 Å². The number of rotatable bonds is 5. The quantitative estimate of drug-likeness (QED) is 0.723. The van der Waals surface area contributed by atoms with Crippen molar-refractivity contribution in [1.82, 2.24) is 5.32 Å². The second-order valence-electron chi connectivity index (χ2n) is 5.68. The Kier molecular flexibility index (Phi) is 5.33. The fourth-order valence-corrected chi connectivity index (χ4v) is 2.47. The lowest BCUT2D eigenvalue weighted by Crippen LogP contribution is -3.16. The predicted molar refractivity (Wildman–Crippen MR) is 82.4 cm³/mol. The lowest BCUT2D eigenvalue weighted by Gasteiger charge is -2.22. The minimum atomic E-state index is -0.0454. The molecule has 0 spiro atoms. The minimum Gasteiger partial charge on any atom is -0.346 e. The highest BCUT2D eigenvalue weighted by Crippen LogP contribution is 2.20. The van der Waals surface area contributed by atoms with E-state index in [1.165, 1.54) is 5.56 Å². The Balaban J connectivity index is 1.86. The molecule has 1 saturated heterocycles. The van der Waals surface area contributed by atoms with Crippen LogP contribution in [0.1, 0.15) is 31.7 Å². The Morgan fingerprint density at radius 3 is 2.71 bits per heavy atom. The summed E-state index contributed by atoms with van der Waals surface area (Å²) in [6, 6.07) is 8.01. The zero-order valence-electron chi connectivity index (χ0n) is 12.7. The van der Waals surface area contributed by atoms with Crippen molar-refractivity contribution in [2.75, 3.05) is 31.5 Å². The Hall–Kier alpha value is -1.88. The summed E-state index contributed by atoms with van der Waals surface area (Å²) < 4.78 is 0. The molecule has 1 heterocycles. The molecule has 0 aromatic heterocycles. The SMILES string of the molecule is CC[C@H](C)c1ccc(NC(=O)C[NH+]2CCNC(=O)C2)cc1. The second kappa shape index (κ2) is 7.22. The van der Waals surface area contributed by atoms with Gasteiger partial charge in [0, 0.05) is 5.69 Å². The average molecular weight is 290 g/mol. The van der Waals surface area contributed by atoms with Gasteiger partial charge in [-0.2, -0.15) is 0 Å². The average Bonchev–Trinajstić information content (AvgIpc) is 2.47. The van der Waals surface area contributed by atoms with E-state index < -0.39 is 0 Å². The predicted octanol–water partition coefficient (Wildman–Crippen LogP) is 0.153. The second-order valence-corrected chi connectivity index (χ2v) is 5.68. The standard InChI is InChI=1S/C16H23N3O2/c1-3-12(2)13-4-6-14(7-5-13)18-16(21)11-19-9-8-17-15(20)10-19/h4-7,12H,3,8-11H2,1-2H3,(H,17,20)(H,18,21)/p+1/t12-/m0/s1. The molecular formula is C16H24N3O2+. The summed E-state index contributed by atoms with van der Waals surface area (Å²) >= 11 is 0. The van der Waals surface area contributed by atoms with Crippen molar-refractivity contribution in [3.05, 3.63) is 29.8 Å². The van der Waals surface area contributed by atoms with Crippen molar-refractivity contribution in [2.45, 2.75) is 26.2 Å². The fourth-order valence-electron chi connectivity index (χ4n) is 2.47. The number of nitrogens with one attached hydrogen (secondary N) is 3. The Morgan fingerprint density at radius 2 is 2.10 bits per heavy atom. The third kappa shape index (κ3) is 4.56. The highest BCUT2D eigenvalue weighted by Gasteiger charge is 2.22. The van der Waals surface area contributed by atoms with Gasteiger partial charge in [0.25, 0.3) is 11.8 Å². The van der Waals surface area contributed by atoms with E-state index in [-0.39, 0.29) is 11.8 Å². The number of amides is 2. The van der Waals surface area contributed by atoms with E-state index in [4.69, 9.17) is 0 Å². The molecule has 1 aromatic carbocycles. The number of piperazine rings is 1. The van der Waals surface area contributed by atoms with Gasteiger partial charge in [0.15, 0.2) is 13.1 Å². The van der Waals surface area contributed by atoms with Gasteiger partial charge in [-0.25, -0.2) is 0 Å². The molecule has 3 N–H and O–H groups in total. The zero-order chi connectivity index (χ0) is 15.2. The molecule has 5 nitrogen and oxygen atoms in total. The van der Waals surface area contributed by atoms with Gasteiger partial charge in [-0.05, 0) is 30.0 Å². The van der Waals surface area contributed by atoms with E-state index in [0.717, 1.165) is 23.6 Å². The van der Waals surface area contributed by atoms with Crippen molar-refractivity contribution >= 4 is 17.5 Å². The summed E-state index contributed by atoms with van der Waals surface area (Å²) in [6.45, 7) is 6.51. The topological polar surface area (TPSA) is 62.6 Å². The normalized spacial score (nSPS) is 19.7. The number of quaternary nitrogens is 1. The number of carbonyl (C=O) groups excluding carboxylic acids is 2. The molecule has 0 saturated carbocycles. The van der Waals surface area contributed by atoms with Crippen LogP contribution in [0.25, 0.3) is 0 Å². The number of anilines is 1. The molecular weight excluding hydrogens is 266 g/mol. The molecule has 2 rings (SSSR count). The van der Waals surface area contributed by atoms with E-state index in [9.17, 15) is 9.59 Å². The molecule has 0 radical (unpaired) electrons. The van der Waals surface area contributed by atoms with Gasteiger partial charge in [0.1, 0.15) is 0 Å². The van der Waals surface area contributed by atoms with Crippen LogP contribution in [0.5, 0.6) is 0 Å². The third-order valence-corrected chi connectivity index (χ3v) is 4.00. The lowest BCUT2D eigenvalue weighted by molar-refractivity contribution is -0.885. The fraction of sp³-hybridized carbons (Fsp3) is 0.500. The number of benzene rings is 1. The molecule has 1 fully saturated rings. The largest absolute Gasteiger partial charge is 0.346 e. The van der Waals surface area contributed by atoms with Gasteiger partial charge in [-0.1, -0.05) is 26.0 Å². The van der Waals surface area contributed by atoms with Crippen LogP contribution < -0.4 is 15.5 Å². The van der Waals surface area contributed by atoms with E-state index in [2.05, 4.69) is 36.6 Å². The molecule has 21 heavy (non-hydrogen) atoms. The third-order valence-electron chi connectivity index (χ3n) is 4.00. The molecule has 5 heteroatoms. The van der Waals surface area contributed by atoms with Crippen molar-refractivity contribution in [3.8, 4) is 0 Å². The van der Waals surface area contributed by atoms with Crippen molar-refractivity contribution in [1.29, 1.82) is 0 Å². The first kappa shape index (κ1) is 15.5. The number of carbonyl (C=O) groups is 2.